The van der Waals surface area contributed by atoms with Gasteiger partial charge in [0.05, 0.1) is 13.2 Å². The molecule has 0 spiro atoms. The van der Waals surface area contributed by atoms with Crippen LogP contribution >= 0.6 is 0 Å². The quantitative estimate of drug-likeness (QED) is 0.589. The summed E-state index contributed by atoms with van der Waals surface area (Å²) in [4.78, 5) is 32.1. The van der Waals surface area contributed by atoms with E-state index in [1.54, 1.807) is 19.1 Å². The molecule has 5 aliphatic rings. The number of aliphatic hydroxyl groups excluding tert-OH is 2. The van der Waals surface area contributed by atoms with Crippen LogP contribution in [0.5, 0.6) is 5.75 Å². The molecule has 2 N–H and O–H groups in total. The molecule has 9 heteroatoms. The summed E-state index contributed by atoms with van der Waals surface area (Å²) >= 11 is 0. The smallest absolute Gasteiger partial charge is 0.192 e. The molecule has 1 aliphatic heterocycles. The Morgan fingerprint density at radius 2 is 1.92 bits per heavy atom. The largest absolute Gasteiger partial charge is 0.497 e. The van der Waals surface area contributed by atoms with E-state index in [0.29, 0.717) is 25.3 Å². The van der Waals surface area contributed by atoms with Gasteiger partial charge in [0, 0.05) is 35.8 Å². The van der Waals surface area contributed by atoms with E-state index in [0.717, 1.165) is 5.56 Å². The minimum atomic E-state index is -2.23. The van der Waals surface area contributed by atoms with Crippen LogP contribution in [0.3, 0.4) is 0 Å². The molecule has 210 valence electrons. The molecule has 1 saturated heterocycles. The highest BCUT2D eigenvalue weighted by molar-refractivity contribution is 6.01. The molecular formula is C30H35F2NO6. The zero-order chi connectivity index (χ0) is 28.0. The number of aliphatic hydroxyl groups is 2. The maximum absolute atomic E-state index is 17.4. The Morgan fingerprint density at radius 1 is 1.21 bits per heavy atom. The summed E-state index contributed by atoms with van der Waals surface area (Å²) in [6.07, 6.45) is 0.854. The van der Waals surface area contributed by atoms with Crippen LogP contribution in [0.1, 0.15) is 38.7 Å². The molecule has 4 aliphatic carbocycles. The molecule has 9 atom stereocenters. The van der Waals surface area contributed by atoms with E-state index in [1.165, 1.54) is 18.2 Å². The Labute approximate surface area is 226 Å². The number of ether oxygens (including phenoxy) is 1. The van der Waals surface area contributed by atoms with Crippen molar-refractivity contribution in [3.05, 3.63) is 53.6 Å². The number of hydrogen-bond donors (Lipinski definition) is 2. The average Bonchev–Trinajstić information content (AvgIpc) is 3.39. The van der Waals surface area contributed by atoms with E-state index in [1.807, 2.05) is 31.2 Å². The van der Waals surface area contributed by atoms with Gasteiger partial charge in [0.1, 0.15) is 18.5 Å². The lowest BCUT2D eigenvalue weighted by Gasteiger charge is -2.63. The fourth-order valence-corrected chi connectivity index (χ4v) is 8.97. The molecule has 0 radical (unpaired) electrons. The molecule has 4 fully saturated rings. The summed E-state index contributed by atoms with van der Waals surface area (Å²) < 4.78 is 38.4. The highest BCUT2D eigenvalue weighted by atomic mass is 19.1. The van der Waals surface area contributed by atoms with Gasteiger partial charge in [-0.2, -0.15) is 5.06 Å². The van der Waals surface area contributed by atoms with Crippen molar-refractivity contribution in [1.29, 1.82) is 0 Å². The highest BCUT2D eigenvalue weighted by Gasteiger charge is 2.79. The van der Waals surface area contributed by atoms with E-state index >= 15 is 8.78 Å². The second-order valence-electron chi connectivity index (χ2n) is 12.4. The van der Waals surface area contributed by atoms with Gasteiger partial charge in [-0.15, -0.1) is 0 Å². The number of benzene rings is 1. The standard InChI is InChI=1S/C30H35F2NO6/c1-27-9-8-19(35)11-23(27)24(31)12-22-21-10-18-15-33(14-17-4-6-20(38-3)7-5-17)39-30(18,26(37)16-34)28(21,2)13-25(36)29(22,27)32/h4-9,11,18,21-22,24-25,34,36H,10,12-16H2,1-3H3/t18-,21-,22-,24-,25-,27-,28-,29-,30-/m0/s1. The number of hydrogen-bond acceptors (Lipinski definition) is 7. The van der Waals surface area contributed by atoms with E-state index < -0.39 is 64.4 Å². The maximum atomic E-state index is 17.4. The summed E-state index contributed by atoms with van der Waals surface area (Å²) in [6, 6.07) is 7.48. The van der Waals surface area contributed by atoms with Gasteiger partial charge >= 0.3 is 0 Å². The molecule has 7 nitrogen and oxygen atoms in total. The minimum Gasteiger partial charge on any atom is -0.497 e. The predicted molar refractivity (Wildman–Crippen MR) is 137 cm³/mol. The molecule has 39 heavy (non-hydrogen) atoms. The zero-order valence-corrected chi connectivity index (χ0v) is 22.4. The van der Waals surface area contributed by atoms with Crippen LogP contribution in [0, 0.1) is 28.6 Å². The SMILES string of the molecule is COc1ccc(CN2C[C@@H]3C[C@H]4[C@@H]5C[C@H](F)C6=CC(=O)C=C[C@]6(C)[C@@]5(F)[C@@H](O)C[C@]4(C)[C@]3(C(=O)CO)O2)cc1. The van der Waals surface area contributed by atoms with Crippen LogP contribution in [-0.4, -0.2) is 70.6 Å². The molecule has 0 amide bonds. The number of fused-ring (bicyclic) bond motifs is 7. The summed E-state index contributed by atoms with van der Waals surface area (Å²) in [5, 5.41) is 23.4. The van der Waals surface area contributed by atoms with Gasteiger partial charge in [-0.3, -0.25) is 14.4 Å². The number of alkyl halides is 2. The molecule has 0 bridgehead atoms. The zero-order valence-electron chi connectivity index (χ0n) is 22.4. The van der Waals surface area contributed by atoms with Gasteiger partial charge < -0.3 is 14.9 Å². The Balaban J connectivity index is 1.37. The molecule has 3 saturated carbocycles. The summed E-state index contributed by atoms with van der Waals surface area (Å²) in [6.45, 7) is 3.40. The summed E-state index contributed by atoms with van der Waals surface area (Å²) in [5.41, 5.74) is -5.23. The van der Waals surface area contributed by atoms with Gasteiger partial charge in [0.15, 0.2) is 22.8 Å². The van der Waals surface area contributed by atoms with Crippen molar-refractivity contribution in [1.82, 2.24) is 5.06 Å². The number of nitrogens with zero attached hydrogens (tertiary/aromatic N) is 1. The van der Waals surface area contributed by atoms with Crippen molar-refractivity contribution in [2.24, 2.45) is 28.6 Å². The van der Waals surface area contributed by atoms with Crippen LogP contribution in [0.4, 0.5) is 8.78 Å². The summed E-state index contributed by atoms with van der Waals surface area (Å²) in [5.74, 6) is -1.93. The molecule has 1 aromatic carbocycles. The van der Waals surface area contributed by atoms with E-state index in [2.05, 4.69) is 0 Å². The van der Waals surface area contributed by atoms with Crippen molar-refractivity contribution < 1.29 is 38.2 Å². The lowest BCUT2D eigenvalue weighted by atomic mass is 9.44. The first-order valence-electron chi connectivity index (χ1n) is 13.6. The third kappa shape index (κ3) is 3.33. The first-order chi connectivity index (χ1) is 18.4. The van der Waals surface area contributed by atoms with Crippen molar-refractivity contribution in [2.75, 3.05) is 20.3 Å². The number of hydroxylamine groups is 2. The number of rotatable bonds is 5. The number of halogens is 2. The molecule has 1 aromatic rings. The third-order valence-electron chi connectivity index (χ3n) is 10.8. The number of Topliss-reactive ketones (excluding diaryl/α,β-unsaturated/α-hetero) is 1. The van der Waals surface area contributed by atoms with Crippen LogP contribution in [0.15, 0.2) is 48.1 Å². The Morgan fingerprint density at radius 3 is 2.59 bits per heavy atom. The molecule has 0 aromatic heterocycles. The maximum Gasteiger partial charge on any atom is 0.192 e. The number of methoxy groups -OCH3 is 1. The second-order valence-corrected chi connectivity index (χ2v) is 12.4. The van der Waals surface area contributed by atoms with Gasteiger partial charge in [0.2, 0.25) is 0 Å². The molecule has 6 rings (SSSR count). The predicted octanol–water partition coefficient (Wildman–Crippen LogP) is 3.29. The normalized spacial score (nSPS) is 44.7. The minimum absolute atomic E-state index is 0.0673. The molecular weight excluding hydrogens is 508 g/mol. The number of carbonyl (C=O) groups excluding carboxylic acids is 2. The number of ketones is 2. The van der Waals surface area contributed by atoms with E-state index in [9.17, 15) is 19.8 Å². The van der Waals surface area contributed by atoms with Gasteiger partial charge in [-0.25, -0.2) is 8.78 Å². The van der Waals surface area contributed by atoms with Gasteiger partial charge in [0.25, 0.3) is 0 Å². The Bertz CT molecular complexity index is 1270. The van der Waals surface area contributed by atoms with E-state index in [4.69, 9.17) is 9.57 Å². The lowest BCUT2D eigenvalue weighted by Crippen LogP contribution is -2.70. The fourth-order valence-electron chi connectivity index (χ4n) is 8.97. The van der Waals surface area contributed by atoms with Crippen LogP contribution in [0.2, 0.25) is 0 Å². The van der Waals surface area contributed by atoms with Gasteiger partial charge in [-0.1, -0.05) is 25.1 Å². The van der Waals surface area contributed by atoms with Crippen molar-refractivity contribution in [2.45, 2.75) is 63.2 Å². The first-order valence-corrected chi connectivity index (χ1v) is 13.6. The molecule has 0 unspecified atom stereocenters. The van der Waals surface area contributed by atoms with Crippen molar-refractivity contribution >= 4 is 11.6 Å². The average molecular weight is 544 g/mol. The highest BCUT2D eigenvalue weighted by Crippen LogP contribution is 2.72. The van der Waals surface area contributed by atoms with Crippen molar-refractivity contribution in [3.8, 4) is 5.75 Å². The fraction of sp³-hybridized carbons (Fsp3) is 0.600. The monoisotopic (exact) mass is 543 g/mol. The number of allylic oxidation sites excluding steroid dienone is 4. The second kappa shape index (κ2) is 8.77. The van der Waals surface area contributed by atoms with Crippen LogP contribution in [0.25, 0.3) is 0 Å². The third-order valence-corrected chi connectivity index (χ3v) is 10.8. The topological polar surface area (TPSA) is 96.3 Å². The Hall–Kier alpha value is -2.46. The molecule has 1 heterocycles. The van der Waals surface area contributed by atoms with Crippen LogP contribution < -0.4 is 4.74 Å². The van der Waals surface area contributed by atoms with Crippen molar-refractivity contribution in [3.63, 3.8) is 0 Å². The number of carbonyl (C=O) groups is 2. The van der Waals surface area contributed by atoms with Gasteiger partial charge in [-0.05, 0) is 67.5 Å². The van der Waals surface area contributed by atoms with Crippen LogP contribution in [-0.2, 0) is 21.0 Å². The summed E-state index contributed by atoms with van der Waals surface area (Å²) in [7, 11) is 1.59. The lowest BCUT2D eigenvalue weighted by molar-refractivity contribution is -0.269. The Kier molecular flexibility index (Phi) is 6.01. The van der Waals surface area contributed by atoms with E-state index in [-0.39, 0.29) is 24.3 Å². The first kappa shape index (κ1) is 26.7.